The van der Waals surface area contributed by atoms with Crippen molar-refractivity contribution >= 4 is 34.9 Å². The first-order chi connectivity index (χ1) is 22.6. The number of alkyl halides is 2. The Morgan fingerprint density at radius 1 is 1.17 bits per heavy atom. The standard InChI is InChI=1S/C36H36ClF3N4O4/c1-20-27(9-8-26(45)16-29(20)31-12-21(19-41)10-11-42-31)34(47)44(25-14-22(35(2,3)48)13-23(38)15-25)32(28-6-4-5-7-30(28)37)33(46)43-24-17-36(39,40)18-24/h4-7,10-15,20,24,27,29,32,48H,8-9,16-18H2,1-3H3,(H,43,46). The first-order valence-corrected chi connectivity index (χ1v) is 16.1. The highest BCUT2D eigenvalue weighted by molar-refractivity contribution is 6.31. The molecule has 48 heavy (non-hydrogen) atoms. The van der Waals surface area contributed by atoms with Crippen molar-refractivity contribution in [3.8, 4) is 6.07 Å². The number of Topliss-reactive ketones (excluding diaryl/α,β-unsaturated/α-hetero) is 1. The zero-order chi connectivity index (χ0) is 35.0. The molecule has 2 saturated carbocycles. The minimum absolute atomic E-state index is 0.0429. The van der Waals surface area contributed by atoms with Crippen molar-refractivity contribution in [2.75, 3.05) is 4.90 Å². The highest BCUT2D eigenvalue weighted by Crippen LogP contribution is 2.43. The summed E-state index contributed by atoms with van der Waals surface area (Å²) < 4.78 is 43.0. The Bertz CT molecular complexity index is 1760. The van der Waals surface area contributed by atoms with E-state index >= 15 is 9.18 Å². The van der Waals surface area contributed by atoms with E-state index in [0.29, 0.717) is 11.3 Å². The minimum atomic E-state index is -2.94. The Kier molecular flexibility index (Phi) is 9.99. The molecular weight excluding hydrogens is 645 g/mol. The minimum Gasteiger partial charge on any atom is -0.386 e. The van der Waals surface area contributed by atoms with Crippen LogP contribution >= 0.6 is 11.6 Å². The van der Waals surface area contributed by atoms with Crippen LogP contribution in [0.3, 0.4) is 0 Å². The van der Waals surface area contributed by atoms with E-state index in [1.807, 2.05) is 0 Å². The number of rotatable bonds is 8. The Morgan fingerprint density at radius 2 is 1.88 bits per heavy atom. The van der Waals surface area contributed by atoms with E-state index in [1.165, 1.54) is 44.3 Å². The third kappa shape index (κ3) is 7.55. The molecule has 0 aliphatic heterocycles. The largest absolute Gasteiger partial charge is 0.386 e. The Balaban J connectivity index is 1.67. The van der Waals surface area contributed by atoms with Crippen molar-refractivity contribution in [2.24, 2.45) is 11.8 Å². The number of hydrogen-bond donors (Lipinski definition) is 2. The number of nitrogens with zero attached hydrogens (tertiary/aromatic N) is 3. The number of nitrogens with one attached hydrogen (secondary N) is 1. The van der Waals surface area contributed by atoms with Crippen molar-refractivity contribution in [1.29, 1.82) is 5.26 Å². The van der Waals surface area contributed by atoms with Gasteiger partial charge >= 0.3 is 0 Å². The molecule has 2 aliphatic carbocycles. The molecule has 2 fully saturated rings. The van der Waals surface area contributed by atoms with Crippen molar-refractivity contribution in [1.82, 2.24) is 10.3 Å². The van der Waals surface area contributed by atoms with Crippen LogP contribution in [0.4, 0.5) is 18.9 Å². The van der Waals surface area contributed by atoms with E-state index in [1.54, 1.807) is 25.1 Å². The summed E-state index contributed by atoms with van der Waals surface area (Å²) in [6, 6.07) is 12.6. The maximum atomic E-state index is 15.3. The molecule has 0 bridgehead atoms. The molecule has 252 valence electrons. The summed E-state index contributed by atoms with van der Waals surface area (Å²) >= 11 is 6.62. The van der Waals surface area contributed by atoms with E-state index in [-0.39, 0.29) is 46.9 Å². The fourth-order valence-electron chi connectivity index (χ4n) is 6.62. The molecule has 0 spiro atoms. The fraction of sp³-hybridized carbons (Fsp3) is 0.417. The SMILES string of the molecule is CC1C(C(=O)N(c2cc(F)cc(C(C)(C)O)c2)C(C(=O)NC2CC(F)(F)C2)c2ccccc2Cl)CCC(=O)CC1c1cc(C#N)ccn1. The number of aliphatic hydroxyl groups is 1. The van der Waals surface area contributed by atoms with Gasteiger partial charge in [-0.05, 0) is 68.1 Å². The number of ketones is 1. The average molecular weight is 681 g/mol. The Hall–Kier alpha value is -4.27. The van der Waals surface area contributed by atoms with Gasteiger partial charge in [-0.15, -0.1) is 0 Å². The third-order valence-electron chi connectivity index (χ3n) is 9.31. The summed E-state index contributed by atoms with van der Waals surface area (Å²) in [5, 5.41) is 23.1. The molecule has 2 amide bonds. The van der Waals surface area contributed by atoms with Crippen LogP contribution in [0.2, 0.25) is 5.02 Å². The summed E-state index contributed by atoms with van der Waals surface area (Å²) in [5.41, 5.74) is -0.531. The number of anilines is 1. The molecule has 5 rings (SSSR count). The van der Waals surface area contributed by atoms with Gasteiger partial charge in [-0.1, -0.05) is 36.7 Å². The normalized spacial score (nSPS) is 21.7. The molecule has 1 heterocycles. The number of benzene rings is 2. The van der Waals surface area contributed by atoms with Gasteiger partial charge in [-0.3, -0.25) is 24.3 Å². The lowest BCUT2D eigenvalue weighted by atomic mass is 9.78. The van der Waals surface area contributed by atoms with Gasteiger partial charge in [0.15, 0.2) is 0 Å². The first-order valence-electron chi connectivity index (χ1n) is 15.7. The van der Waals surface area contributed by atoms with Crippen molar-refractivity contribution in [2.45, 2.75) is 82.4 Å². The molecule has 2 N–H and O–H groups in total. The second kappa shape index (κ2) is 13.7. The number of carbonyl (C=O) groups is 3. The molecule has 8 nitrogen and oxygen atoms in total. The van der Waals surface area contributed by atoms with Crippen molar-refractivity contribution in [3.05, 3.63) is 94.0 Å². The molecule has 0 saturated heterocycles. The molecule has 12 heteroatoms. The van der Waals surface area contributed by atoms with E-state index in [0.717, 1.165) is 17.0 Å². The lowest BCUT2D eigenvalue weighted by Gasteiger charge is -2.40. The zero-order valence-electron chi connectivity index (χ0n) is 26.7. The topological polar surface area (TPSA) is 123 Å². The number of pyridine rings is 1. The maximum Gasteiger partial charge on any atom is 0.252 e. The van der Waals surface area contributed by atoms with E-state index in [9.17, 15) is 28.7 Å². The molecule has 2 aromatic carbocycles. The monoisotopic (exact) mass is 680 g/mol. The van der Waals surface area contributed by atoms with Gasteiger partial charge in [0.25, 0.3) is 5.92 Å². The highest BCUT2D eigenvalue weighted by atomic mass is 35.5. The molecule has 3 aromatic rings. The van der Waals surface area contributed by atoms with Gasteiger partial charge in [0.1, 0.15) is 17.6 Å². The first kappa shape index (κ1) is 35.0. The van der Waals surface area contributed by atoms with Gasteiger partial charge in [0.05, 0.1) is 17.2 Å². The number of nitriles is 1. The van der Waals surface area contributed by atoms with Gasteiger partial charge in [-0.2, -0.15) is 5.26 Å². The molecule has 4 atom stereocenters. The van der Waals surface area contributed by atoms with Crippen LogP contribution in [0.25, 0.3) is 0 Å². The smallest absolute Gasteiger partial charge is 0.252 e. The Morgan fingerprint density at radius 3 is 2.52 bits per heavy atom. The maximum absolute atomic E-state index is 15.3. The van der Waals surface area contributed by atoms with Crippen LogP contribution in [0.1, 0.15) is 87.2 Å². The van der Waals surface area contributed by atoms with E-state index in [2.05, 4.69) is 16.4 Å². The number of carbonyl (C=O) groups excluding carboxylic acids is 3. The predicted molar refractivity (Wildman–Crippen MR) is 173 cm³/mol. The summed E-state index contributed by atoms with van der Waals surface area (Å²) in [5.74, 6) is -7.30. The number of hydrogen-bond acceptors (Lipinski definition) is 6. The van der Waals surface area contributed by atoms with Crippen LogP contribution in [0.15, 0.2) is 60.8 Å². The van der Waals surface area contributed by atoms with Crippen LogP contribution in [-0.4, -0.2) is 39.7 Å². The second-order valence-corrected chi connectivity index (χ2v) is 13.7. The quantitative estimate of drug-likeness (QED) is 0.254. The van der Waals surface area contributed by atoms with E-state index in [4.69, 9.17) is 11.6 Å². The van der Waals surface area contributed by atoms with Crippen molar-refractivity contribution in [3.63, 3.8) is 0 Å². The van der Waals surface area contributed by atoms with Gasteiger partial charge in [0.2, 0.25) is 11.8 Å². The Labute approximate surface area is 281 Å². The molecule has 2 aliphatic rings. The average Bonchev–Trinajstić information content (AvgIpc) is 3.15. The number of aromatic nitrogens is 1. The highest BCUT2D eigenvalue weighted by Gasteiger charge is 2.48. The van der Waals surface area contributed by atoms with Crippen molar-refractivity contribution < 1.29 is 32.7 Å². The molecule has 0 radical (unpaired) electrons. The predicted octanol–water partition coefficient (Wildman–Crippen LogP) is 6.75. The number of halogens is 4. The van der Waals surface area contributed by atoms with E-state index < -0.39 is 71.8 Å². The summed E-state index contributed by atoms with van der Waals surface area (Å²) in [6.07, 6.45) is 0.516. The number of amides is 2. The lowest BCUT2D eigenvalue weighted by molar-refractivity contribution is -0.134. The molecular formula is C36H36ClF3N4O4. The molecule has 1 aromatic heterocycles. The summed E-state index contributed by atoms with van der Waals surface area (Å²) in [7, 11) is 0. The van der Waals surface area contributed by atoms with Crippen LogP contribution < -0.4 is 10.2 Å². The lowest BCUT2D eigenvalue weighted by Crippen LogP contribution is -2.54. The molecule has 4 unspecified atom stereocenters. The summed E-state index contributed by atoms with van der Waals surface area (Å²) in [4.78, 5) is 47.8. The van der Waals surface area contributed by atoms with Gasteiger partial charge < -0.3 is 10.4 Å². The second-order valence-electron chi connectivity index (χ2n) is 13.3. The summed E-state index contributed by atoms with van der Waals surface area (Å²) in [6.45, 7) is 4.68. The van der Waals surface area contributed by atoms with Crippen LogP contribution in [0.5, 0.6) is 0 Å². The fourth-order valence-corrected chi connectivity index (χ4v) is 6.86. The van der Waals surface area contributed by atoms with Crippen LogP contribution in [-0.2, 0) is 20.0 Å². The van der Waals surface area contributed by atoms with Crippen LogP contribution in [0, 0.1) is 29.0 Å². The van der Waals surface area contributed by atoms with Gasteiger partial charge in [0, 0.05) is 71.7 Å². The van der Waals surface area contributed by atoms with Gasteiger partial charge in [-0.25, -0.2) is 13.2 Å². The third-order valence-corrected chi connectivity index (χ3v) is 9.65. The zero-order valence-corrected chi connectivity index (χ0v) is 27.5.